The molecular weight excluding hydrogens is 302 g/mol. The molecule has 23 heavy (non-hydrogen) atoms. The van der Waals surface area contributed by atoms with Crippen LogP contribution in [-0.2, 0) is 4.74 Å². The molecule has 7 heteroatoms. The largest absolute Gasteiger partial charge is 0.491 e. The van der Waals surface area contributed by atoms with Crippen LogP contribution in [0.25, 0.3) is 0 Å². The molecule has 2 rings (SSSR count). The normalized spacial score (nSPS) is 10.1. The lowest BCUT2D eigenvalue weighted by atomic mass is 10.2. The lowest BCUT2D eigenvalue weighted by Gasteiger charge is -2.07. The summed E-state index contributed by atoms with van der Waals surface area (Å²) in [5.74, 6) is -0.185. The van der Waals surface area contributed by atoms with Crippen LogP contribution in [0.4, 0.5) is 5.69 Å². The number of methoxy groups -OCH3 is 1. The van der Waals surface area contributed by atoms with Gasteiger partial charge in [0.05, 0.1) is 17.1 Å². The highest BCUT2D eigenvalue weighted by molar-refractivity contribution is 5.91. The molecule has 0 saturated carbocycles. The van der Waals surface area contributed by atoms with E-state index in [9.17, 15) is 14.9 Å². The standard InChI is InChI=1S/C16H15NO6/c1-21-10-11-22-13-8-6-12(7-9-13)16(18)23-15-5-3-2-4-14(15)17(19)20/h2-9H,10-11H2,1H3. The second-order valence-corrected chi connectivity index (χ2v) is 4.48. The van der Waals surface area contributed by atoms with Gasteiger partial charge >= 0.3 is 11.7 Å². The van der Waals surface area contributed by atoms with E-state index in [0.29, 0.717) is 19.0 Å². The van der Waals surface area contributed by atoms with Crippen LogP contribution in [-0.4, -0.2) is 31.2 Å². The van der Waals surface area contributed by atoms with Gasteiger partial charge in [-0.15, -0.1) is 0 Å². The van der Waals surface area contributed by atoms with Crippen molar-refractivity contribution in [3.05, 3.63) is 64.2 Å². The molecule has 2 aromatic rings. The Morgan fingerprint density at radius 1 is 1.09 bits per heavy atom. The molecule has 0 unspecified atom stereocenters. The Morgan fingerprint density at radius 3 is 2.43 bits per heavy atom. The summed E-state index contributed by atoms with van der Waals surface area (Å²) in [5, 5.41) is 10.9. The predicted octanol–water partition coefficient (Wildman–Crippen LogP) is 2.84. The number of nitrogens with zero attached hydrogens (tertiary/aromatic N) is 1. The first-order chi connectivity index (χ1) is 11.1. The Morgan fingerprint density at radius 2 is 1.78 bits per heavy atom. The quantitative estimate of drug-likeness (QED) is 0.256. The molecule has 0 atom stereocenters. The third-order valence-electron chi connectivity index (χ3n) is 2.91. The number of esters is 1. The van der Waals surface area contributed by atoms with E-state index in [2.05, 4.69) is 0 Å². The maximum Gasteiger partial charge on any atom is 0.343 e. The Kier molecular flexibility index (Phi) is 5.65. The number of hydrogen-bond donors (Lipinski definition) is 0. The summed E-state index contributed by atoms with van der Waals surface area (Å²) >= 11 is 0. The molecular formula is C16H15NO6. The summed E-state index contributed by atoms with van der Waals surface area (Å²) in [5.41, 5.74) is 0.00242. The molecule has 7 nitrogen and oxygen atoms in total. The molecule has 120 valence electrons. The van der Waals surface area contributed by atoms with Gasteiger partial charge in [0.15, 0.2) is 0 Å². The van der Waals surface area contributed by atoms with Crippen molar-refractivity contribution < 1.29 is 23.9 Å². The van der Waals surface area contributed by atoms with E-state index in [1.165, 1.54) is 30.3 Å². The molecule has 2 aromatic carbocycles. The molecule has 0 N–H and O–H groups in total. The van der Waals surface area contributed by atoms with Gasteiger partial charge in [-0.3, -0.25) is 10.1 Å². The Hall–Kier alpha value is -2.93. The highest BCUT2D eigenvalue weighted by Crippen LogP contribution is 2.26. The fourth-order valence-corrected chi connectivity index (χ4v) is 1.78. The first kappa shape index (κ1) is 16.4. The molecule has 0 radical (unpaired) electrons. The van der Waals surface area contributed by atoms with Crippen LogP contribution in [0.5, 0.6) is 11.5 Å². The Balaban J connectivity index is 2.05. The lowest BCUT2D eigenvalue weighted by molar-refractivity contribution is -0.385. The highest BCUT2D eigenvalue weighted by atomic mass is 16.6. The van der Waals surface area contributed by atoms with Crippen molar-refractivity contribution in [1.82, 2.24) is 0 Å². The van der Waals surface area contributed by atoms with Crippen molar-refractivity contribution in [2.45, 2.75) is 0 Å². The molecule has 0 aromatic heterocycles. The maximum atomic E-state index is 12.1. The van der Waals surface area contributed by atoms with E-state index < -0.39 is 10.9 Å². The number of nitro benzene ring substituents is 1. The van der Waals surface area contributed by atoms with E-state index in [1.807, 2.05) is 0 Å². The SMILES string of the molecule is COCCOc1ccc(C(=O)Oc2ccccc2[N+](=O)[O-])cc1. The number of carbonyl (C=O) groups is 1. The van der Waals surface area contributed by atoms with Gasteiger partial charge in [0.25, 0.3) is 0 Å². The number of hydrogen-bond acceptors (Lipinski definition) is 6. The van der Waals surface area contributed by atoms with Crippen LogP contribution in [0.15, 0.2) is 48.5 Å². The van der Waals surface area contributed by atoms with Crippen LogP contribution in [0.3, 0.4) is 0 Å². The molecule has 0 aliphatic carbocycles. The molecule has 0 fully saturated rings. The molecule has 0 heterocycles. The molecule has 0 bridgehead atoms. The van der Waals surface area contributed by atoms with Crippen LogP contribution in [0.2, 0.25) is 0 Å². The average molecular weight is 317 g/mol. The fraction of sp³-hybridized carbons (Fsp3) is 0.188. The van der Waals surface area contributed by atoms with Gasteiger partial charge in [-0.2, -0.15) is 0 Å². The number of benzene rings is 2. The molecule has 0 saturated heterocycles. The number of rotatable bonds is 7. The van der Waals surface area contributed by atoms with Gasteiger partial charge < -0.3 is 14.2 Å². The summed E-state index contributed by atoms with van der Waals surface area (Å²) in [6, 6.07) is 12.0. The molecule has 0 spiro atoms. The van der Waals surface area contributed by atoms with Gasteiger partial charge in [0.1, 0.15) is 12.4 Å². The monoisotopic (exact) mass is 317 g/mol. The zero-order chi connectivity index (χ0) is 16.7. The minimum Gasteiger partial charge on any atom is -0.491 e. The summed E-state index contributed by atoms with van der Waals surface area (Å²) in [4.78, 5) is 22.4. The first-order valence-corrected chi connectivity index (χ1v) is 6.79. The molecule has 0 aliphatic heterocycles. The third-order valence-corrected chi connectivity index (χ3v) is 2.91. The minimum atomic E-state index is -0.678. The number of para-hydroxylation sites is 2. The van der Waals surface area contributed by atoms with Crippen LogP contribution >= 0.6 is 0 Å². The van der Waals surface area contributed by atoms with Crippen molar-refractivity contribution in [2.75, 3.05) is 20.3 Å². The van der Waals surface area contributed by atoms with E-state index in [1.54, 1.807) is 25.3 Å². The minimum absolute atomic E-state index is 0.0945. The fourth-order valence-electron chi connectivity index (χ4n) is 1.78. The zero-order valence-electron chi connectivity index (χ0n) is 12.4. The number of ether oxygens (including phenoxy) is 3. The highest BCUT2D eigenvalue weighted by Gasteiger charge is 2.18. The maximum absolute atomic E-state index is 12.1. The van der Waals surface area contributed by atoms with Crippen molar-refractivity contribution in [3.8, 4) is 11.5 Å². The van der Waals surface area contributed by atoms with Crippen LogP contribution in [0.1, 0.15) is 10.4 Å². The van der Waals surface area contributed by atoms with E-state index in [-0.39, 0.29) is 17.0 Å². The van der Waals surface area contributed by atoms with Crippen molar-refractivity contribution in [1.29, 1.82) is 0 Å². The smallest absolute Gasteiger partial charge is 0.343 e. The topological polar surface area (TPSA) is 87.9 Å². The predicted molar refractivity (Wildman–Crippen MR) is 81.9 cm³/mol. The van der Waals surface area contributed by atoms with Crippen molar-refractivity contribution in [2.24, 2.45) is 0 Å². The van der Waals surface area contributed by atoms with E-state index >= 15 is 0 Å². The average Bonchev–Trinajstić information content (AvgIpc) is 2.56. The van der Waals surface area contributed by atoms with Gasteiger partial charge in [0.2, 0.25) is 5.75 Å². The van der Waals surface area contributed by atoms with E-state index in [0.717, 1.165) is 0 Å². The molecule has 0 aliphatic rings. The van der Waals surface area contributed by atoms with Gasteiger partial charge in [-0.25, -0.2) is 4.79 Å². The summed E-state index contributed by atoms with van der Waals surface area (Å²) < 4.78 is 15.3. The van der Waals surface area contributed by atoms with Gasteiger partial charge in [-0.1, -0.05) is 12.1 Å². The Labute approximate surface area is 132 Å². The number of carbonyl (C=O) groups excluding carboxylic acids is 1. The lowest BCUT2D eigenvalue weighted by Crippen LogP contribution is -2.10. The van der Waals surface area contributed by atoms with Crippen molar-refractivity contribution in [3.63, 3.8) is 0 Å². The van der Waals surface area contributed by atoms with Crippen LogP contribution in [0, 0.1) is 10.1 Å². The first-order valence-electron chi connectivity index (χ1n) is 6.79. The van der Waals surface area contributed by atoms with Crippen LogP contribution < -0.4 is 9.47 Å². The second-order valence-electron chi connectivity index (χ2n) is 4.48. The summed E-state index contributed by atoms with van der Waals surface area (Å²) in [7, 11) is 1.57. The van der Waals surface area contributed by atoms with E-state index in [4.69, 9.17) is 14.2 Å². The molecule has 0 amide bonds. The number of nitro groups is 1. The Bertz CT molecular complexity index is 683. The van der Waals surface area contributed by atoms with Crippen molar-refractivity contribution >= 4 is 11.7 Å². The summed E-state index contributed by atoms with van der Waals surface area (Å²) in [6.07, 6.45) is 0. The second kappa shape index (κ2) is 7.90. The van der Waals surface area contributed by atoms with Gasteiger partial charge in [-0.05, 0) is 30.3 Å². The van der Waals surface area contributed by atoms with Gasteiger partial charge in [0, 0.05) is 13.2 Å². The third kappa shape index (κ3) is 4.52. The summed E-state index contributed by atoms with van der Waals surface area (Å²) in [6.45, 7) is 0.859. The zero-order valence-corrected chi connectivity index (χ0v) is 12.4.